The number of allylic oxidation sites excluding steroid dienone is 1. The van der Waals surface area contributed by atoms with Gasteiger partial charge in [0.05, 0.1) is 5.57 Å². The molecule has 1 fully saturated rings. The molecule has 1 aliphatic heterocycles. The highest BCUT2D eigenvalue weighted by Gasteiger charge is 2.23. The fraction of sp³-hybridized carbons (Fsp3) is 0.333. The predicted octanol–water partition coefficient (Wildman–Crippen LogP) is 3.25. The lowest BCUT2D eigenvalue weighted by Gasteiger charge is -2.27. The Balaban J connectivity index is 1.82. The molecule has 2 N–H and O–H groups in total. The van der Waals surface area contributed by atoms with E-state index < -0.39 is 0 Å². The Morgan fingerprint density at radius 3 is 2.65 bits per heavy atom. The average molecular weight is 420 g/mol. The van der Waals surface area contributed by atoms with Crippen LogP contribution in [0.3, 0.4) is 0 Å². The first-order chi connectivity index (χ1) is 14.9. The van der Waals surface area contributed by atoms with E-state index in [0.29, 0.717) is 11.4 Å². The minimum absolute atomic E-state index is 0.0265. The van der Waals surface area contributed by atoms with E-state index in [9.17, 15) is 9.59 Å². The number of carbonyl (C=O) groups is 2. The Kier molecular flexibility index (Phi) is 7.31. The number of likely N-dealkylation sites (N-methyl/N-ethyl adjacent to an activating group) is 1. The van der Waals surface area contributed by atoms with Gasteiger partial charge in [-0.1, -0.05) is 12.1 Å². The number of amides is 2. The molecule has 2 heterocycles. The summed E-state index contributed by atoms with van der Waals surface area (Å²) in [5.74, 6) is 0.385. The van der Waals surface area contributed by atoms with Crippen LogP contribution < -0.4 is 10.6 Å². The van der Waals surface area contributed by atoms with Gasteiger partial charge in [-0.15, -0.1) is 0 Å². The van der Waals surface area contributed by atoms with Gasteiger partial charge in [0.1, 0.15) is 5.82 Å². The maximum atomic E-state index is 12.6. The molecule has 0 aliphatic carbocycles. The summed E-state index contributed by atoms with van der Waals surface area (Å²) in [5, 5.41) is 7.51. The Bertz CT molecular complexity index is 1050. The summed E-state index contributed by atoms with van der Waals surface area (Å²) >= 11 is 0. The number of fused-ring (bicyclic) bond motifs is 1. The van der Waals surface area contributed by atoms with Gasteiger partial charge < -0.3 is 15.5 Å². The van der Waals surface area contributed by atoms with Gasteiger partial charge in [0.2, 0.25) is 5.91 Å². The van der Waals surface area contributed by atoms with Gasteiger partial charge in [-0.05, 0) is 81.4 Å². The molecule has 2 amide bonds. The standard InChI is InChI=1S/C24H29N5O2/c1-16(11-21(14-25-2)23(30)26-3)18-5-6-19-15-27-22(13-20(19)12-18)28-24(31)17-7-9-29(4)10-8-17/h5-6,11-15,17H,2,7-10H2,1,3-4H3,(H,26,30)(H,27,28,31)/b16-11+,21-14+. The zero-order chi connectivity index (χ0) is 22.4. The Hall–Kier alpha value is -3.32. The number of likely N-dealkylation sites (tertiary alicyclic amines) is 1. The first-order valence-electron chi connectivity index (χ1n) is 10.4. The smallest absolute Gasteiger partial charge is 0.252 e. The Morgan fingerprint density at radius 1 is 1.23 bits per heavy atom. The van der Waals surface area contributed by atoms with Crippen molar-refractivity contribution in [3.05, 3.63) is 53.9 Å². The fourth-order valence-corrected chi connectivity index (χ4v) is 3.67. The Labute approximate surface area is 182 Å². The summed E-state index contributed by atoms with van der Waals surface area (Å²) < 4.78 is 0. The first kappa shape index (κ1) is 22.4. The van der Waals surface area contributed by atoms with Crippen LogP contribution in [-0.4, -0.2) is 55.6 Å². The van der Waals surface area contributed by atoms with Crippen molar-refractivity contribution in [2.45, 2.75) is 19.8 Å². The molecule has 0 saturated carbocycles. The molecule has 0 atom stereocenters. The third kappa shape index (κ3) is 5.64. The van der Waals surface area contributed by atoms with Crippen LogP contribution in [0.25, 0.3) is 16.3 Å². The molecule has 162 valence electrons. The first-order valence-corrected chi connectivity index (χ1v) is 10.4. The van der Waals surface area contributed by atoms with Crippen LogP contribution in [0, 0.1) is 5.92 Å². The van der Waals surface area contributed by atoms with Crippen molar-refractivity contribution < 1.29 is 9.59 Å². The number of nitrogens with one attached hydrogen (secondary N) is 2. The number of hydrogen-bond acceptors (Lipinski definition) is 5. The molecular formula is C24H29N5O2. The summed E-state index contributed by atoms with van der Waals surface area (Å²) in [7, 11) is 3.65. The van der Waals surface area contributed by atoms with Crippen LogP contribution in [-0.2, 0) is 9.59 Å². The van der Waals surface area contributed by atoms with Crippen LogP contribution >= 0.6 is 0 Å². The predicted molar refractivity (Wildman–Crippen MR) is 126 cm³/mol. The lowest BCUT2D eigenvalue weighted by atomic mass is 9.96. The largest absolute Gasteiger partial charge is 0.355 e. The zero-order valence-corrected chi connectivity index (χ0v) is 18.3. The quantitative estimate of drug-likeness (QED) is 0.428. The SMILES string of the molecule is C=N/C=C(\C=C(/C)c1ccc2cnc(NC(=O)C3CCN(C)CC3)cc2c1)C(=O)NC. The van der Waals surface area contributed by atoms with Gasteiger partial charge in [-0.3, -0.25) is 14.6 Å². The topological polar surface area (TPSA) is 86.7 Å². The average Bonchev–Trinajstić information content (AvgIpc) is 2.78. The van der Waals surface area contributed by atoms with Crippen LogP contribution in [0.2, 0.25) is 0 Å². The van der Waals surface area contributed by atoms with Crippen LogP contribution in [0.5, 0.6) is 0 Å². The minimum Gasteiger partial charge on any atom is -0.355 e. The van der Waals surface area contributed by atoms with Crippen LogP contribution in [0.1, 0.15) is 25.3 Å². The van der Waals surface area contributed by atoms with E-state index in [2.05, 4.69) is 39.3 Å². The van der Waals surface area contributed by atoms with E-state index in [1.807, 2.05) is 31.2 Å². The zero-order valence-electron chi connectivity index (χ0n) is 18.3. The molecule has 1 aromatic heterocycles. The highest BCUT2D eigenvalue weighted by atomic mass is 16.2. The van der Waals surface area contributed by atoms with Gasteiger partial charge in [0, 0.05) is 30.7 Å². The molecule has 0 radical (unpaired) electrons. The van der Waals surface area contributed by atoms with Crippen molar-refractivity contribution in [1.82, 2.24) is 15.2 Å². The molecule has 1 saturated heterocycles. The van der Waals surface area contributed by atoms with Crippen LogP contribution in [0.4, 0.5) is 5.82 Å². The van der Waals surface area contributed by atoms with E-state index in [-0.39, 0.29) is 17.7 Å². The molecule has 7 nitrogen and oxygen atoms in total. The van der Waals surface area contributed by atoms with Crippen molar-refractivity contribution in [2.75, 3.05) is 32.5 Å². The maximum Gasteiger partial charge on any atom is 0.252 e. The number of rotatable bonds is 6. The molecule has 2 aromatic rings. The second-order valence-corrected chi connectivity index (χ2v) is 7.87. The van der Waals surface area contributed by atoms with Crippen molar-refractivity contribution in [2.24, 2.45) is 10.9 Å². The van der Waals surface area contributed by atoms with Gasteiger partial charge >= 0.3 is 0 Å². The molecule has 0 bridgehead atoms. The molecule has 3 rings (SSSR count). The van der Waals surface area contributed by atoms with Crippen molar-refractivity contribution in [3.8, 4) is 0 Å². The van der Waals surface area contributed by atoms with Crippen molar-refractivity contribution >= 4 is 40.7 Å². The molecule has 1 aliphatic rings. The lowest BCUT2D eigenvalue weighted by molar-refractivity contribution is -0.121. The normalized spacial score (nSPS) is 16.2. The van der Waals surface area contributed by atoms with Gasteiger partial charge in [0.25, 0.3) is 5.91 Å². The number of aromatic nitrogens is 1. The van der Waals surface area contributed by atoms with Crippen LogP contribution in [0.15, 0.2) is 53.3 Å². The number of benzene rings is 1. The number of carbonyl (C=O) groups excluding carboxylic acids is 2. The molecule has 0 unspecified atom stereocenters. The molecule has 1 aromatic carbocycles. The highest BCUT2D eigenvalue weighted by Crippen LogP contribution is 2.24. The summed E-state index contributed by atoms with van der Waals surface area (Å²) in [6.45, 7) is 7.24. The summed E-state index contributed by atoms with van der Waals surface area (Å²) in [6.07, 6.45) is 6.71. The number of anilines is 1. The third-order valence-corrected chi connectivity index (χ3v) is 5.61. The number of aliphatic imine (C=N–C) groups is 1. The van der Waals surface area contributed by atoms with Gasteiger partial charge in [0.15, 0.2) is 0 Å². The number of piperidine rings is 1. The molecule has 31 heavy (non-hydrogen) atoms. The molecule has 0 spiro atoms. The summed E-state index contributed by atoms with van der Waals surface area (Å²) in [4.78, 5) is 35.0. The summed E-state index contributed by atoms with van der Waals surface area (Å²) in [5.41, 5.74) is 2.30. The van der Waals surface area contributed by atoms with E-state index in [0.717, 1.165) is 47.8 Å². The maximum absolute atomic E-state index is 12.6. The molecular weight excluding hydrogens is 390 g/mol. The monoisotopic (exact) mass is 419 g/mol. The lowest BCUT2D eigenvalue weighted by Crippen LogP contribution is -2.36. The van der Waals surface area contributed by atoms with E-state index >= 15 is 0 Å². The van der Waals surface area contributed by atoms with Crippen molar-refractivity contribution in [3.63, 3.8) is 0 Å². The van der Waals surface area contributed by atoms with E-state index in [4.69, 9.17) is 0 Å². The molecule has 7 heteroatoms. The minimum atomic E-state index is -0.226. The second-order valence-electron chi connectivity index (χ2n) is 7.87. The highest BCUT2D eigenvalue weighted by molar-refractivity contribution is 5.98. The second kappa shape index (κ2) is 10.1. The Morgan fingerprint density at radius 2 is 1.97 bits per heavy atom. The van der Waals surface area contributed by atoms with E-state index in [1.54, 1.807) is 19.3 Å². The summed E-state index contributed by atoms with van der Waals surface area (Å²) in [6, 6.07) is 7.87. The van der Waals surface area contributed by atoms with Crippen molar-refractivity contribution in [1.29, 1.82) is 0 Å². The third-order valence-electron chi connectivity index (χ3n) is 5.61. The number of nitrogens with zero attached hydrogens (tertiary/aromatic N) is 3. The number of hydrogen-bond donors (Lipinski definition) is 2. The fourth-order valence-electron chi connectivity index (χ4n) is 3.67. The van der Waals surface area contributed by atoms with Gasteiger partial charge in [-0.25, -0.2) is 4.98 Å². The number of pyridine rings is 1. The van der Waals surface area contributed by atoms with E-state index in [1.165, 1.54) is 6.20 Å². The van der Waals surface area contributed by atoms with Gasteiger partial charge in [-0.2, -0.15) is 0 Å².